The predicted octanol–water partition coefficient (Wildman–Crippen LogP) is 11.7. The van der Waals surface area contributed by atoms with Crippen molar-refractivity contribution in [2.45, 2.75) is 91.0 Å². The fraction of sp³-hybridized carbons (Fsp3) is 0.259. The van der Waals surface area contributed by atoms with Crippen molar-refractivity contribution < 1.29 is 28.1 Å². The highest BCUT2D eigenvalue weighted by Crippen LogP contribution is 2.48. The van der Waals surface area contributed by atoms with Crippen LogP contribution in [0, 0.1) is 0 Å². The molecule has 0 bridgehead atoms. The molecule has 0 spiro atoms. The maximum atomic E-state index is 7.17. The Morgan fingerprint density at radius 1 is 0.355 bits per heavy atom. The molecule has 3 aliphatic heterocycles. The van der Waals surface area contributed by atoms with E-state index in [1.54, 1.807) is 0 Å². The van der Waals surface area contributed by atoms with E-state index in [1.807, 2.05) is 0 Å². The van der Waals surface area contributed by atoms with Gasteiger partial charge < -0.3 is 28.1 Å². The van der Waals surface area contributed by atoms with Gasteiger partial charge in [0.2, 0.25) is 0 Å². The number of ether oxygens (including phenoxy) is 2. The minimum Gasteiger partial charge on any atom is -0.488 e. The Morgan fingerprint density at radius 3 is 1.11 bits per heavy atom. The first kappa shape index (κ1) is 39.2. The van der Waals surface area contributed by atoms with E-state index in [4.69, 9.17) is 28.1 Å². The van der Waals surface area contributed by atoms with Gasteiger partial charge in [-0.25, -0.2) is 0 Å². The number of hydrogen-bond acceptors (Lipinski definition) is 6. The summed E-state index contributed by atoms with van der Waals surface area (Å²) in [4.78, 5) is 0. The average Bonchev–Trinajstić information content (AvgIpc) is 3.62. The Hall–Kier alpha value is -5.63. The standard InChI is InChI=1S/C54H50B2O6/c1-51(2)52(3,4)60-55(59-51)39-23-25-43-35(29-39)21-27-45-49(43)50-44-26-24-40(56-61-53(5,6)54(7,8)62-56)30-36(44)22-28-46(50)58-32-38-20-18-34-14-10-12-16-42(34)48(38)47-37(31-57-45)19-17-33-13-9-11-15-41(33)47/h9-30H,31-32H2,1-8H3. The largest absolute Gasteiger partial charge is 0.494 e. The van der Waals surface area contributed by atoms with Crippen LogP contribution in [0.3, 0.4) is 0 Å². The van der Waals surface area contributed by atoms with Gasteiger partial charge in [0, 0.05) is 11.1 Å². The average molecular weight is 817 g/mol. The second-order valence-electron chi connectivity index (χ2n) is 19.2. The van der Waals surface area contributed by atoms with Gasteiger partial charge in [0.25, 0.3) is 0 Å². The molecule has 2 fully saturated rings. The van der Waals surface area contributed by atoms with Gasteiger partial charge in [-0.1, -0.05) is 121 Å². The molecule has 6 nitrogen and oxygen atoms in total. The normalized spacial score (nSPS) is 18.6. The number of hydrogen-bond donors (Lipinski definition) is 0. The van der Waals surface area contributed by atoms with Crippen molar-refractivity contribution in [3.63, 3.8) is 0 Å². The summed E-state index contributed by atoms with van der Waals surface area (Å²) in [6.45, 7) is 17.4. The van der Waals surface area contributed by atoms with E-state index in [9.17, 15) is 0 Å². The van der Waals surface area contributed by atoms with Crippen LogP contribution in [0.1, 0.15) is 66.5 Å². The van der Waals surface area contributed by atoms with E-state index in [2.05, 4.69) is 189 Å². The Labute approximate surface area is 364 Å². The maximum absolute atomic E-state index is 7.17. The van der Waals surface area contributed by atoms with E-state index < -0.39 is 36.6 Å². The van der Waals surface area contributed by atoms with Crippen LogP contribution in [-0.4, -0.2) is 36.6 Å². The minimum absolute atomic E-state index is 0.361. The van der Waals surface area contributed by atoms with E-state index in [0.717, 1.165) is 66.2 Å². The molecule has 0 aromatic heterocycles. The fourth-order valence-electron chi connectivity index (χ4n) is 9.44. The number of benzene rings is 8. The third-order valence-corrected chi connectivity index (χ3v) is 14.4. The van der Waals surface area contributed by atoms with Gasteiger partial charge in [-0.2, -0.15) is 0 Å². The molecule has 3 aliphatic rings. The summed E-state index contributed by atoms with van der Waals surface area (Å²) in [6, 6.07) is 47.7. The molecular formula is C54H50B2O6. The lowest BCUT2D eigenvalue weighted by molar-refractivity contribution is 0.00578. The van der Waals surface area contributed by atoms with Crippen molar-refractivity contribution in [3.8, 4) is 33.8 Å². The van der Waals surface area contributed by atoms with Gasteiger partial charge in [0.15, 0.2) is 0 Å². The van der Waals surface area contributed by atoms with Gasteiger partial charge in [0.05, 0.1) is 22.4 Å². The lowest BCUT2D eigenvalue weighted by Gasteiger charge is -2.32. The molecular weight excluding hydrogens is 766 g/mol. The van der Waals surface area contributed by atoms with Crippen molar-refractivity contribution in [2.75, 3.05) is 0 Å². The zero-order valence-corrected chi connectivity index (χ0v) is 36.7. The summed E-state index contributed by atoms with van der Waals surface area (Å²) in [7, 11) is -0.983. The molecule has 0 unspecified atom stereocenters. The smallest absolute Gasteiger partial charge is 0.488 e. The van der Waals surface area contributed by atoms with Crippen molar-refractivity contribution in [1.29, 1.82) is 0 Å². The van der Waals surface area contributed by atoms with Crippen LogP contribution >= 0.6 is 0 Å². The molecule has 3 heterocycles. The molecule has 11 rings (SSSR count). The monoisotopic (exact) mass is 816 g/mol. The highest BCUT2D eigenvalue weighted by molar-refractivity contribution is 6.63. The molecule has 62 heavy (non-hydrogen) atoms. The van der Waals surface area contributed by atoms with Gasteiger partial charge >= 0.3 is 14.2 Å². The van der Waals surface area contributed by atoms with E-state index in [-0.39, 0.29) is 0 Å². The highest BCUT2D eigenvalue weighted by Gasteiger charge is 2.53. The zero-order chi connectivity index (χ0) is 42.8. The van der Waals surface area contributed by atoms with Gasteiger partial charge in [0.1, 0.15) is 24.7 Å². The van der Waals surface area contributed by atoms with Crippen LogP contribution in [0.5, 0.6) is 11.5 Å². The molecule has 0 atom stereocenters. The van der Waals surface area contributed by atoms with Crippen molar-refractivity contribution in [3.05, 3.63) is 145 Å². The lowest BCUT2D eigenvalue weighted by Crippen LogP contribution is -2.41. The first-order valence-electron chi connectivity index (χ1n) is 21.8. The minimum atomic E-state index is -0.492. The molecule has 0 radical (unpaired) electrons. The topological polar surface area (TPSA) is 55.4 Å². The third kappa shape index (κ3) is 6.17. The van der Waals surface area contributed by atoms with Crippen LogP contribution < -0.4 is 20.4 Å². The summed E-state index contributed by atoms with van der Waals surface area (Å²) < 4.78 is 40.5. The molecule has 8 aromatic carbocycles. The Kier molecular flexibility index (Phi) is 8.82. The van der Waals surface area contributed by atoms with Crippen LogP contribution in [0.15, 0.2) is 133 Å². The SMILES string of the molecule is CC1(C)OB(c2ccc3c4c(ccc3c2)OCc2ccc3ccccc3c2-c2c(ccc3ccccc23)COc2ccc3cc(B5OC(C)(C)C(C)(C)O5)ccc3c2-4)OC1(C)C. The predicted molar refractivity (Wildman–Crippen MR) is 254 cm³/mol. The van der Waals surface area contributed by atoms with Gasteiger partial charge in [-0.15, -0.1) is 0 Å². The second kappa shape index (κ2) is 13.9. The molecule has 8 heteroatoms. The lowest BCUT2D eigenvalue weighted by atomic mass is 9.77. The van der Waals surface area contributed by atoms with E-state index >= 15 is 0 Å². The van der Waals surface area contributed by atoms with Gasteiger partial charge in [-0.05, 0) is 144 Å². The second-order valence-corrected chi connectivity index (χ2v) is 19.2. The van der Waals surface area contributed by atoms with E-state index in [1.165, 1.54) is 32.7 Å². The Balaban J connectivity index is 1.14. The van der Waals surface area contributed by atoms with Crippen LogP contribution in [-0.2, 0) is 31.8 Å². The van der Waals surface area contributed by atoms with Crippen LogP contribution in [0.25, 0.3) is 65.3 Å². The molecule has 0 N–H and O–H groups in total. The molecule has 0 aliphatic carbocycles. The Bertz CT molecular complexity index is 2890. The molecule has 308 valence electrons. The van der Waals surface area contributed by atoms with Crippen LogP contribution in [0.4, 0.5) is 0 Å². The van der Waals surface area contributed by atoms with Crippen molar-refractivity contribution >= 4 is 68.3 Å². The summed E-state index contributed by atoms with van der Waals surface area (Å²) in [5.41, 5.74) is 6.59. The molecule has 2 saturated heterocycles. The highest BCUT2D eigenvalue weighted by atomic mass is 16.7. The van der Waals surface area contributed by atoms with Crippen molar-refractivity contribution in [2.24, 2.45) is 0 Å². The van der Waals surface area contributed by atoms with E-state index in [0.29, 0.717) is 13.2 Å². The zero-order valence-electron chi connectivity index (χ0n) is 36.7. The van der Waals surface area contributed by atoms with Crippen molar-refractivity contribution in [1.82, 2.24) is 0 Å². The first-order valence-corrected chi connectivity index (χ1v) is 21.8. The maximum Gasteiger partial charge on any atom is 0.494 e. The number of rotatable bonds is 2. The quantitative estimate of drug-likeness (QED) is 0.162. The Morgan fingerprint density at radius 2 is 0.710 bits per heavy atom. The summed E-state index contributed by atoms with van der Waals surface area (Å²) >= 11 is 0. The summed E-state index contributed by atoms with van der Waals surface area (Å²) in [5.74, 6) is 1.54. The molecule has 8 aromatic rings. The summed E-state index contributed by atoms with van der Waals surface area (Å²) in [5, 5.41) is 8.90. The van der Waals surface area contributed by atoms with Gasteiger partial charge in [-0.3, -0.25) is 0 Å². The number of fused-ring (bicyclic) bond motifs is 14. The third-order valence-electron chi connectivity index (χ3n) is 14.4. The fourth-order valence-corrected chi connectivity index (χ4v) is 9.44. The molecule has 0 saturated carbocycles. The van der Waals surface area contributed by atoms with Crippen LogP contribution in [0.2, 0.25) is 0 Å². The first-order chi connectivity index (χ1) is 29.7. The summed E-state index contributed by atoms with van der Waals surface area (Å²) in [6.07, 6.45) is 0. The molecule has 0 amide bonds.